The predicted molar refractivity (Wildman–Crippen MR) is 82.9 cm³/mol. The van der Waals surface area contributed by atoms with Crippen LogP contribution in [0.2, 0.25) is 0 Å². The molecule has 20 heavy (non-hydrogen) atoms. The average molecular weight is 271 g/mol. The van der Waals surface area contributed by atoms with Gasteiger partial charge in [0.05, 0.1) is 5.56 Å². The van der Waals surface area contributed by atoms with E-state index >= 15 is 0 Å². The summed E-state index contributed by atoms with van der Waals surface area (Å²) in [5, 5.41) is 9.44. The molecule has 0 spiro atoms. The van der Waals surface area contributed by atoms with Crippen LogP contribution in [0.15, 0.2) is 6.07 Å². The number of aromatic nitrogens is 1. The zero-order valence-electron chi connectivity index (χ0n) is 12.9. The van der Waals surface area contributed by atoms with Gasteiger partial charge in [0.25, 0.3) is 0 Å². The molecule has 3 nitrogen and oxygen atoms in total. The van der Waals surface area contributed by atoms with Crippen molar-refractivity contribution in [2.75, 3.05) is 18.0 Å². The first-order valence-corrected chi connectivity index (χ1v) is 7.87. The van der Waals surface area contributed by atoms with Crippen LogP contribution in [0.4, 0.5) is 5.82 Å². The Labute approximate surface area is 122 Å². The second-order valence-electron chi connectivity index (χ2n) is 5.84. The van der Waals surface area contributed by atoms with E-state index in [-0.39, 0.29) is 0 Å². The van der Waals surface area contributed by atoms with Crippen LogP contribution in [-0.4, -0.2) is 18.1 Å². The summed E-state index contributed by atoms with van der Waals surface area (Å²) in [7, 11) is 0. The molecule has 0 saturated carbocycles. The highest BCUT2D eigenvalue weighted by atomic mass is 15.2. The monoisotopic (exact) mass is 271 g/mol. The molecule has 0 aliphatic heterocycles. The number of pyridine rings is 1. The molecule has 0 aromatic carbocycles. The smallest absolute Gasteiger partial charge is 0.146 e. The topological polar surface area (TPSA) is 39.9 Å². The average Bonchev–Trinajstić information content (AvgIpc) is 2.50. The maximum atomic E-state index is 9.44. The summed E-state index contributed by atoms with van der Waals surface area (Å²) in [6, 6.07) is 4.43. The van der Waals surface area contributed by atoms with Crippen LogP contribution in [0.5, 0.6) is 0 Å². The van der Waals surface area contributed by atoms with Gasteiger partial charge in [0.1, 0.15) is 11.9 Å². The first kappa shape index (κ1) is 14.8. The Kier molecular flexibility index (Phi) is 5.00. The summed E-state index contributed by atoms with van der Waals surface area (Å²) in [4.78, 5) is 7.11. The van der Waals surface area contributed by atoms with Crippen molar-refractivity contribution in [3.63, 3.8) is 0 Å². The van der Waals surface area contributed by atoms with Crippen LogP contribution in [0.25, 0.3) is 0 Å². The van der Waals surface area contributed by atoms with Crippen LogP contribution in [0, 0.1) is 17.2 Å². The van der Waals surface area contributed by atoms with E-state index in [0.29, 0.717) is 5.92 Å². The van der Waals surface area contributed by atoms with Crippen LogP contribution >= 0.6 is 0 Å². The third kappa shape index (κ3) is 3.12. The lowest BCUT2D eigenvalue weighted by Gasteiger charge is -2.27. The maximum absolute atomic E-state index is 9.44. The van der Waals surface area contributed by atoms with Gasteiger partial charge in [-0.3, -0.25) is 0 Å². The fourth-order valence-corrected chi connectivity index (χ4v) is 2.82. The predicted octanol–water partition coefficient (Wildman–Crippen LogP) is 3.70. The minimum Gasteiger partial charge on any atom is -0.356 e. The molecule has 1 unspecified atom stereocenters. The number of rotatable bonds is 5. The van der Waals surface area contributed by atoms with E-state index in [0.717, 1.165) is 43.7 Å². The lowest BCUT2D eigenvalue weighted by molar-refractivity contribution is 0.544. The Morgan fingerprint density at radius 3 is 2.75 bits per heavy atom. The first-order chi connectivity index (χ1) is 9.69. The molecule has 0 bridgehead atoms. The molecular weight excluding hydrogens is 246 g/mol. The molecule has 0 radical (unpaired) electrons. The third-order valence-corrected chi connectivity index (χ3v) is 4.31. The summed E-state index contributed by atoms with van der Waals surface area (Å²) in [5.74, 6) is 1.52. The van der Waals surface area contributed by atoms with Gasteiger partial charge in [0.2, 0.25) is 0 Å². The number of hydrogen-bond donors (Lipinski definition) is 0. The van der Waals surface area contributed by atoms with Gasteiger partial charge in [-0.05, 0) is 50.2 Å². The summed E-state index contributed by atoms with van der Waals surface area (Å²) in [6.07, 6.45) is 5.75. The Balaban J connectivity index is 2.35. The SMILES string of the molecule is CCC(C)CN(CC)c1nc2c(cc1C#N)CCCC2. The van der Waals surface area contributed by atoms with Gasteiger partial charge in [-0.2, -0.15) is 5.26 Å². The molecule has 3 heteroatoms. The standard InChI is InChI=1S/C17H25N3/c1-4-13(3)12-20(5-2)17-15(11-18)10-14-8-6-7-9-16(14)19-17/h10,13H,4-9,12H2,1-3H3. The van der Waals surface area contributed by atoms with Crippen molar-refractivity contribution >= 4 is 5.82 Å². The van der Waals surface area contributed by atoms with Crippen LogP contribution < -0.4 is 4.90 Å². The Bertz CT molecular complexity index is 502. The van der Waals surface area contributed by atoms with E-state index in [1.165, 1.54) is 24.1 Å². The number of aryl methyl sites for hydroxylation is 2. The van der Waals surface area contributed by atoms with E-state index in [9.17, 15) is 5.26 Å². The lowest BCUT2D eigenvalue weighted by atomic mass is 9.94. The quantitative estimate of drug-likeness (QED) is 0.819. The molecular formula is C17H25N3. The van der Waals surface area contributed by atoms with Gasteiger partial charge in [0, 0.05) is 18.8 Å². The molecule has 0 amide bonds. The van der Waals surface area contributed by atoms with E-state index in [4.69, 9.17) is 4.98 Å². The second-order valence-corrected chi connectivity index (χ2v) is 5.84. The Hall–Kier alpha value is -1.56. The molecule has 1 heterocycles. The molecule has 0 fully saturated rings. The molecule has 108 valence electrons. The minimum atomic E-state index is 0.624. The third-order valence-electron chi connectivity index (χ3n) is 4.31. The maximum Gasteiger partial charge on any atom is 0.146 e. The van der Waals surface area contributed by atoms with Crippen LogP contribution in [-0.2, 0) is 12.8 Å². The fraction of sp³-hybridized carbons (Fsp3) is 0.647. The second kappa shape index (κ2) is 6.74. The number of fused-ring (bicyclic) bond motifs is 1. The van der Waals surface area contributed by atoms with Gasteiger partial charge in [0.15, 0.2) is 0 Å². The molecule has 0 N–H and O–H groups in total. The van der Waals surface area contributed by atoms with Crippen molar-refractivity contribution in [3.05, 3.63) is 22.9 Å². The van der Waals surface area contributed by atoms with Crippen molar-refractivity contribution in [2.45, 2.75) is 52.9 Å². The number of nitriles is 1. The van der Waals surface area contributed by atoms with Gasteiger partial charge < -0.3 is 4.90 Å². The lowest BCUT2D eigenvalue weighted by Crippen LogP contribution is -2.30. The van der Waals surface area contributed by atoms with Gasteiger partial charge in [-0.1, -0.05) is 20.3 Å². The summed E-state index contributed by atoms with van der Waals surface area (Å²) < 4.78 is 0. The largest absolute Gasteiger partial charge is 0.356 e. The summed E-state index contributed by atoms with van der Waals surface area (Å²) in [5.41, 5.74) is 3.25. The zero-order chi connectivity index (χ0) is 14.5. The van der Waals surface area contributed by atoms with E-state index < -0.39 is 0 Å². The number of anilines is 1. The number of hydrogen-bond acceptors (Lipinski definition) is 3. The molecule has 1 aromatic heterocycles. The van der Waals surface area contributed by atoms with Crippen LogP contribution in [0.3, 0.4) is 0 Å². The van der Waals surface area contributed by atoms with Gasteiger partial charge in [-0.15, -0.1) is 0 Å². The Morgan fingerprint density at radius 2 is 2.10 bits per heavy atom. The van der Waals surface area contributed by atoms with E-state index in [1.807, 2.05) is 0 Å². The first-order valence-electron chi connectivity index (χ1n) is 7.87. The fourth-order valence-electron chi connectivity index (χ4n) is 2.82. The van der Waals surface area contributed by atoms with E-state index in [1.54, 1.807) is 0 Å². The van der Waals surface area contributed by atoms with Crippen LogP contribution in [0.1, 0.15) is 56.9 Å². The minimum absolute atomic E-state index is 0.624. The van der Waals surface area contributed by atoms with Crippen molar-refractivity contribution in [1.29, 1.82) is 5.26 Å². The molecule has 2 rings (SSSR count). The van der Waals surface area contributed by atoms with Gasteiger partial charge in [-0.25, -0.2) is 4.98 Å². The molecule has 1 atom stereocenters. The van der Waals surface area contributed by atoms with Crippen molar-refractivity contribution in [1.82, 2.24) is 4.98 Å². The van der Waals surface area contributed by atoms with Crippen molar-refractivity contribution < 1.29 is 0 Å². The molecule has 1 aliphatic rings. The highest BCUT2D eigenvalue weighted by Crippen LogP contribution is 2.27. The van der Waals surface area contributed by atoms with Crippen molar-refractivity contribution in [3.8, 4) is 6.07 Å². The number of nitrogens with zero attached hydrogens (tertiary/aromatic N) is 3. The molecule has 0 saturated heterocycles. The normalized spacial score (nSPS) is 15.3. The summed E-state index contributed by atoms with van der Waals surface area (Å²) >= 11 is 0. The molecule has 1 aliphatic carbocycles. The van der Waals surface area contributed by atoms with Gasteiger partial charge >= 0.3 is 0 Å². The zero-order valence-corrected chi connectivity index (χ0v) is 12.9. The highest BCUT2D eigenvalue weighted by molar-refractivity contribution is 5.56. The highest BCUT2D eigenvalue weighted by Gasteiger charge is 2.19. The summed E-state index contributed by atoms with van der Waals surface area (Å²) in [6.45, 7) is 8.50. The van der Waals surface area contributed by atoms with Crippen molar-refractivity contribution in [2.24, 2.45) is 5.92 Å². The molecule has 1 aromatic rings. The Morgan fingerprint density at radius 1 is 1.35 bits per heavy atom. The van der Waals surface area contributed by atoms with E-state index in [2.05, 4.69) is 37.8 Å².